The number of hydrogen-bond acceptors (Lipinski definition) is 3. The number of carboxylic acid groups (broad SMARTS) is 1. The number of para-hydroxylation sites is 2. The lowest BCUT2D eigenvalue weighted by Crippen LogP contribution is -2.28. The summed E-state index contributed by atoms with van der Waals surface area (Å²) in [6.45, 7) is 6.69. The number of carbonyl (C=O) groups excluding carboxylic acids is 1. The van der Waals surface area contributed by atoms with E-state index in [1.165, 1.54) is 6.07 Å². The molecule has 28 heavy (non-hydrogen) atoms. The van der Waals surface area contributed by atoms with Crippen LogP contribution in [0.15, 0.2) is 52.9 Å². The van der Waals surface area contributed by atoms with Gasteiger partial charge in [0.1, 0.15) is 11.3 Å². The van der Waals surface area contributed by atoms with E-state index in [1.807, 2.05) is 18.2 Å². The lowest BCUT2D eigenvalue weighted by atomic mass is 9.81. The second kappa shape index (κ2) is 7.76. The molecule has 0 saturated carbocycles. The summed E-state index contributed by atoms with van der Waals surface area (Å²) < 4.78 is 6.01. The molecule has 0 aliphatic rings. The van der Waals surface area contributed by atoms with Gasteiger partial charge in [-0.3, -0.25) is 0 Å². The van der Waals surface area contributed by atoms with Crippen molar-refractivity contribution >= 4 is 28.7 Å². The molecule has 3 N–H and O–H groups in total. The van der Waals surface area contributed by atoms with Crippen LogP contribution in [-0.2, 0) is 12.0 Å². The van der Waals surface area contributed by atoms with E-state index < -0.39 is 12.0 Å². The van der Waals surface area contributed by atoms with Gasteiger partial charge in [0.25, 0.3) is 0 Å². The van der Waals surface area contributed by atoms with Crippen molar-refractivity contribution in [2.75, 3.05) is 5.32 Å². The molecule has 0 radical (unpaired) electrons. The van der Waals surface area contributed by atoms with Crippen molar-refractivity contribution in [3.63, 3.8) is 0 Å². The minimum Gasteiger partial charge on any atom is -0.478 e. The minimum atomic E-state index is -1.10. The summed E-state index contributed by atoms with van der Waals surface area (Å²) in [7, 11) is 0. The van der Waals surface area contributed by atoms with Gasteiger partial charge in [-0.1, -0.05) is 51.1 Å². The molecule has 6 nitrogen and oxygen atoms in total. The molecule has 0 atom stereocenters. The van der Waals surface area contributed by atoms with Crippen molar-refractivity contribution in [2.45, 2.75) is 39.2 Å². The zero-order chi connectivity index (χ0) is 20.3. The number of urea groups is 1. The molecule has 2 aromatic carbocycles. The number of furan rings is 1. The molecule has 3 aromatic rings. The highest BCUT2D eigenvalue weighted by Gasteiger charge is 2.23. The molecule has 0 unspecified atom stereocenters. The second-order valence-corrected chi connectivity index (χ2v) is 7.33. The van der Waals surface area contributed by atoms with Crippen LogP contribution < -0.4 is 10.6 Å². The van der Waals surface area contributed by atoms with E-state index >= 15 is 0 Å². The molecule has 1 aromatic heterocycles. The Kier molecular flexibility index (Phi) is 5.40. The second-order valence-electron chi connectivity index (χ2n) is 7.33. The third-order valence-corrected chi connectivity index (χ3v) is 5.04. The normalized spacial score (nSPS) is 11.4. The highest BCUT2D eigenvalue weighted by atomic mass is 16.4. The first kappa shape index (κ1) is 19.5. The van der Waals surface area contributed by atoms with Crippen LogP contribution in [0.4, 0.5) is 10.5 Å². The average Bonchev–Trinajstić information content (AvgIpc) is 3.09. The quantitative estimate of drug-likeness (QED) is 0.552. The van der Waals surface area contributed by atoms with Gasteiger partial charge in [0.05, 0.1) is 17.8 Å². The number of carboxylic acids is 1. The Hall–Kier alpha value is -3.28. The number of fused-ring (bicyclic) bond motifs is 1. The van der Waals surface area contributed by atoms with Gasteiger partial charge < -0.3 is 20.2 Å². The Morgan fingerprint density at radius 2 is 1.86 bits per heavy atom. The molecule has 0 fully saturated rings. The van der Waals surface area contributed by atoms with Crippen LogP contribution >= 0.6 is 0 Å². The van der Waals surface area contributed by atoms with Crippen molar-refractivity contribution in [2.24, 2.45) is 0 Å². The fraction of sp³-hybridized carbons (Fsp3) is 0.273. The average molecular weight is 380 g/mol. The Balaban J connectivity index is 1.73. The summed E-state index contributed by atoms with van der Waals surface area (Å²) >= 11 is 0. The molecule has 0 spiro atoms. The minimum absolute atomic E-state index is 0.0139. The van der Waals surface area contributed by atoms with Gasteiger partial charge in [0.15, 0.2) is 0 Å². The van der Waals surface area contributed by atoms with Crippen LogP contribution in [0.25, 0.3) is 11.0 Å². The van der Waals surface area contributed by atoms with Crippen molar-refractivity contribution in [3.8, 4) is 0 Å². The third kappa shape index (κ3) is 4.01. The summed E-state index contributed by atoms with van der Waals surface area (Å²) in [5.74, 6) is -0.463. The van der Waals surface area contributed by atoms with Crippen LogP contribution in [0.3, 0.4) is 0 Å². The van der Waals surface area contributed by atoms with Crippen LogP contribution in [0.2, 0.25) is 0 Å². The highest BCUT2D eigenvalue weighted by Crippen LogP contribution is 2.34. The Morgan fingerprint density at radius 1 is 1.11 bits per heavy atom. The van der Waals surface area contributed by atoms with Gasteiger partial charge in [0.2, 0.25) is 0 Å². The number of amides is 2. The summed E-state index contributed by atoms with van der Waals surface area (Å²) in [5, 5.41) is 15.5. The Morgan fingerprint density at radius 3 is 2.57 bits per heavy atom. The number of aromatic carboxylic acids is 1. The summed E-state index contributed by atoms with van der Waals surface area (Å²) in [5.41, 5.74) is 2.23. The van der Waals surface area contributed by atoms with E-state index in [2.05, 4.69) is 37.5 Å². The molecule has 0 bridgehead atoms. The number of benzene rings is 2. The predicted molar refractivity (Wildman–Crippen MR) is 109 cm³/mol. The van der Waals surface area contributed by atoms with Crippen molar-refractivity contribution < 1.29 is 19.1 Å². The molecular formula is C22H24N2O4. The molecule has 1 heterocycles. The number of nitrogens with one attached hydrogen (secondary N) is 2. The summed E-state index contributed by atoms with van der Waals surface area (Å²) in [6, 6.07) is 13.7. The number of anilines is 1. The first-order valence-corrected chi connectivity index (χ1v) is 9.21. The zero-order valence-electron chi connectivity index (χ0n) is 16.2. The standard InChI is InChI=1S/C22H24N2O4/c1-4-22(2,3)17-10-7-8-14-12-15(28-19(14)17)13-23-21(27)24-18-11-6-5-9-16(18)20(25)26/h5-12H,4,13H2,1-3H3,(H,25,26)(H2,23,24,27). The fourth-order valence-electron chi connectivity index (χ4n) is 3.04. The molecule has 0 aliphatic carbocycles. The van der Waals surface area contributed by atoms with E-state index in [-0.39, 0.29) is 23.2 Å². The fourth-order valence-corrected chi connectivity index (χ4v) is 3.04. The smallest absolute Gasteiger partial charge is 0.337 e. The Bertz CT molecular complexity index is 1020. The topological polar surface area (TPSA) is 91.6 Å². The third-order valence-electron chi connectivity index (χ3n) is 5.04. The van der Waals surface area contributed by atoms with Gasteiger partial charge in [-0.15, -0.1) is 0 Å². The van der Waals surface area contributed by atoms with Crippen LogP contribution in [-0.4, -0.2) is 17.1 Å². The first-order chi connectivity index (χ1) is 13.3. The molecule has 0 aliphatic heterocycles. The number of carbonyl (C=O) groups is 2. The lowest BCUT2D eigenvalue weighted by molar-refractivity contribution is 0.0698. The molecule has 0 saturated heterocycles. The van der Waals surface area contributed by atoms with Gasteiger partial charge in [0, 0.05) is 10.9 Å². The van der Waals surface area contributed by atoms with Crippen LogP contribution in [0.5, 0.6) is 0 Å². The molecule has 6 heteroatoms. The zero-order valence-corrected chi connectivity index (χ0v) is 16.2. The van der Waals surface area contributed by atoms with E-state index in [0.29, 0.717) is 5.76 Å². The lowest BCUT2D eigenvalue weighted by Gasteiger charge is -2.23. The monoisotopic (exact) mass is 380 g/mol. The summed E-state index contributed by atoms with van der Waals surface area (Å²) in [4.78, 5) is 23.4. The van der Waals surface area contributed by atoms with Gasteiger partial charge >= 0.3 is 12.0 Å². The van der Waals surface area contributed by atoms with Crippen molar-refractivity contribution in [3.05, 3.63) is 65.4 Å². The van der Waals surface area contributed by atoms with Crippen LogP contribution in [0, 0.1) is 0 Å². The molecule has 3 rings (SSSR count). The maximum absolute atomic E-state index is 12.2. The molecular weight excluding hydrogens is 356 g/mol. The maximum atomic E-state index is 12.2. The molecule has 146 valence electrons. The first-order valence-electron chi connectivity index (χ1n) is 9.21. The summed E-state index contributed by atoms with van der Waals surface area (Å²) in [6.07, 6.45) is 0.978. The number of rotatable bonds is 6. The van der Waals surface area contributed by atoms with E-state index in [9.17, 15) is 14.7 Å². The van der Waals surface area contributed by atoms with E-state index in [0.717, 1.165) is 23.0 Å². The van der Waals surface area contributed by atoms with Crippen LogP contribution in [0.1, 0.15) is 48.9 Å². The maximum Gasteiger partial charge on any atom is 0.337 e. The highest BCUT2D eigenvalue weighted by molar-refractivity contribution is 5.99. The largest absolute Gasteiger partial charge is 0.478 e. The van der Waals surface area contributed by atoms with Gasteiger partial charge in [-0.05, 0) is 30.0 Å². The SMILES string of the molecule is CCC(C)(C)c1cccc2cc(CNC(=O)Nc3ccccc3C(=O)O)oc12. The number of hydrogen-bond donors (Lipinski definition) is 3. The van der Waals surface area contributed by atoms with Crippen molar-refractivity contribution in [1.29, 1.82) is 0 Å². The van der Waals surface area contributed by atoms with Gasteiger partial charge in [-0.25, -0.2) is 9.59 Å². The Labute approximate surface area is 163 Å². The predicted octanol–water partition coefficient (Wildman–Crippen LogP) is 5.14. The van der Waals surface area contributed by atoms with E-state index in [1.54, 1.807) is 18.2 Å². The van der Waals surface area contributed by atoms with Crippen molar-refractivity contribution in [1.82, 2.24) is 5.32 Å². The molecule has 2 amide bonds. The van der Waals surface area contributed by atoms with Gasteiger partial charge in [-0.2, -0.15) is 0 Å². The van der Waals surface area contributed by atoms with E-state index in [4.69, 9.17) is 4.42 Å².